The van der Waals surface area contributed by atoms with Crippen LogP contribution in [-0.2, 0) is 38.5 Å². The highest BCUT2D eigenvalue weighted by molar-refractivity contribution is 6.20. The summed E-state index contributed by atoms with van der Waals surface area (Å²) < 4.78 is 0. The quantitative estimate of drug-likeness (QED) is 0.367. The molecule has 3 aromatic heterocycles. The van der Waals surface area contributed by atoms with Crippen LogP contribution in [0.2, 0.25) is 0 Å². The molecule has 156 valence electrons. The van der Waals surface area contributed by atoms with Gasteiger partial charge in [0, 0.05) is 22.2 Å². The molecule has 1 aromatic carbocycles. The maximum Gasteiger partial charge on any atom is 0.0992 e. The molecular weight excluding hydrogens is 368 g/mol. The first-order chi connectivity index (χ1) is 14.6. The molecule has 0 N–H and O–H groups in total. The second-order valence-corrected chi connectivity index (χ2v) is 7.92. The van der Waals surface area contributed by atoms with E-state index in [9.17, 15) is 0 Å². The van der Waals surface area contributed by atoms with Gasteiger partial charge in [-0.25, -0.2) is 9.97 Å². The van der Waals surface area contributed by atoms with E-state index in [0.29, 0.717) is 0 Å². The molecule has 4 nitrogen and oxygen atoms in total. The predicted molar refractivity (Wildman–Crippen MR) is 126 cm³/mol. The van der Waals surface area contributed by atoms with Gasteiger partial charge in [-0.15, -0.1) is 0 Å². The van der Waals surface area contributed by atoms with Crippen LogP contribution in [0.5, 0.6) is 0 Å². The van der Waals surface area contributed by atoms with Crippen molar-refractivity contribution in [1.82, 2.24) is 19.9 Å². The van der Waals surface area contributed by atoms with Gasteiger partial charge in [-0.3, -0.25) is 9.97 Å². The number of hydrogen-bond donors (Lipinski definition) is 0. The van der Waals surface area contributed by atoms with Crippen molar-refractivity contribution in [2.24, 2.45) is 0 Å². The molecule has 0 aliphatic rings. The zero-order valence-electron chi connectivity index (χ0n) is 19.2. The van der Waals surface area contributed by atoms with Crippen LogP contribution >= 0.6 is 0 Å². The molecular formula is C26H32N4. The smallest absolute Gasteiger partial charge is 0.0992 e. The van der Waals surface area contributed by atoms with Gasteiger partial charge in [0.25, 0.3) is 0 Å². The summed E-state index contributed by atoms with van der Waals surface area (Å²) >= 11 is 0. The third-order valence-corrected chi connectivity index (χ3v) is 6.27. The second-order valence-electron chi connectivity index (χ2n) is 7.92. The first kappa shape index (κ1) is 20.6. The lowest BCUT2D eigenvalue weighted by Crippen LogP contribution is -2.05. The van der Waals surface area contributed by atoms with Crippen LogP contribution in [-0.4, -0.2) is 19.9 Å². The summed E-state index contributed by atoms with van der Waals surface area (Å²) in [4.78, 5) is 20.6. The van der Waals surface area contributed by atoms with E-state index in [1.54, 1.807) is 0 Å². The maximum absolute atomic E-state index is 5.14. The van der Waals surface area contributed by atoms with Crippen molar-refractivity contribution in [3.05, 3.63) is 46.0 Å². The molecule has 0 atom stereocenters. The number of hydrogen-bond acceptors (Lipinski definition) is 4. The Morgan fingerprint density at radius 3 is 1.00 bits per heavy atom. The van der Waals surface area contributed by atoms with Crippen molar-refractivity contribution in [3.8, 4) is 0 Å². The highest BCUT2D eigenvalue weighted by atomic mass is 14.9. The number of aromatic nitrogens is 4. The Kier molecular flexibility index (Phi) is 5.68. The monoisotopic (exact) mass is 400 g/mol. The fraction of sp³-hybridized carbons (Fsp3) is 0.462. The van der Waals surface area contributed by atoms with Crippen LogP contribution in [0, 0.1) is 0 Å². The Morgan fingerprint density at radius 2 is 0.733 bits per heavy atom. The summed E-state index contributed by atoms with van der Waals surface area (Å²) in [5.41, 5.74) is 11.0. The van der Waals surface area contributed by atoms with E-state index in [-0.39, 0.29) is 0 Å². The minimum Gasteiger partial charge on any atom is -0.250 e. The van der Waals surface area contributed by atoms with Crippen molar-refractivity contribution < 1.29 is 0 Å². The lowest BCUT2D eigenvalue weighted by molar-refractivity contribution is 0.931. The van der Waals surface area contributed by atoms with Gasteiger partial charge in [-0.2, -0.15) is 0 Å². The van der Waals surface area contributed by atoms with Crippen molar-refractivity contribution >= 4 is 32.8 Å². The van der Waals surface area contributed by atoms with E-state index in [2.05, 4.69) is 53.7 Å². The molecule has 30 heavy (non-hydrogen) atoms. The first-order valence-electron chi connectivity index (χ1n) is 11.6. The Hall–Kier alpha value is -2.62. The molecule has 4 rings (SSSR count). The number of pyridine rings is 2. The lowest BCUT2D eigenvalue weighted by atomic mass is 9.99. The number of benzene rings is 1. The van der Waals surface area contributed by atoms with Crippen LogP contribution in [0.4, 0.5) is 0 Å². The van der Waals surface area contributed by atoms with E-state index in [1.807, 2.05) is 0 Å². The fourth-order valence-corrected chi connectivity index (χ4v) is 4.58. The van der Waals surface area contributed by atoms with E-state index < -0.39 is 0 Å². The number of rotatable bonds is 6. The summed E-state index contributed by atoms with van der Waals surface area (Å²) in [5, 5.41) is 2.19. The van der Waals surface area contributed by atoms with E-state index >= 15 is 0 Å². The predicted octanol–water partition coefficient (Wildman–Crippen LogP) is 6.10. The van der Waals surface area contributed by atoms with Gasteiger partial charge in [0.15, 0.2) is 0 Å². The average molecular weight is 401 g/mol. The maximum atomic E-state index is 5.14. The van der Waals surface area contributed by atoms with Gasteiger partial charge in [-0.1, -0.05) is 41.5 Å². The Bertz CT molecular complexity index is 975. The molecule has 0 saturated heterocycles. The number of nitrogens with zero attached hydrogens (tertiary/aromatic N) is 4. The molecule has 0 spiro atoms. The van der Waals surface area contributed by atoms with Crippen LogP contribution in [0.25, 0.3) is 32.8 Å². The Morgan fingerprint density at radius 1 is 0.433 bits per heavy atom. The topological polar surface area (TPSA) is 51.6 Å². The van der Waals surface area contributed by atoms with Gasteiger partial charge in [0.05, 0.1) is 33.5 Å². The summed E-state index contributed by atoms with van der Waals surface area (Å²) in [5.74, 6) is 0. The molecule has 0 bridgehead atoms. The second kappa shape index (κ2) is 8.25. The zero-order valence-corrected chi connectivity index (χ0v) is 19.2. The number of fused-ring (bicyclic) bond motifs is 6. The summed E-state index contributed by atoms with van der Waals surface area (Å²) in [6.07, 6.45) is 5.56. The van der Waals surface area contributed by atoms with Crippen molar-refractivity contribution in [3.63, 3.8) is 0 Å². The van der Waals surface area contributed by atoms with Crippen LogP contribution < -0.4 is 0 Å². The minimum absolute atomic E-state index is 0.889. The molecule has 4 aromatic rings. The Labute approximate surface area is 179 Å². The molecule has 0 fully saturated rings. The highest BCUT2D eigenvalue weighted by Gasteiger charge is 2.19. The third-order valence-electron chi connectivity index (χ3n) is 6.27. The minimum atomic E-state index is 0.889. The van der Waals surface area contributed by atoms with Gasteiger partial charge in [0.2, 0.25) is 0 Å². The third kappa shape index (κ3) is 3.13. The standard InChI is InChI=1S/C26H32N4/c1-7-15-13-17-23(27-19(15)9-3)24-18(14-16(8-2)20(10-4)28-24)26-25(17)29-21(11-5)22(12-6)30-26/h13-14H,7-12H2,1-6H3. The van der Waals surface area contributed by atoms with Gasteiger partial charge >= 0.3 is 0 Å². The number of aryl methyl sites for hydroxylation is 6. The molecule has 0 radical (unpaired) electrons. The lowest BCUT2D eigenvalue weighted by Gasteiger charge is -2.16. The molecule has 4 heteroatoms. The average Bonchev–Trinajstić information content (AvgIpc) is 2.81. The van der Waals surface area contributed by atoms with Gasteiger partial charge in [-0.05, 0) is 61.8 Å². The van der Waals surface area contributed by atoms with Crippen molar-refractivity contribution in [2.75, 3.05) is 0 Å². The van der Waals surface area contributed by atoms with Gasteiger partial charge in [0.1, 0.15) is 0 Å². The normalized spacial score (nSPS) is 11.8. The molecule has 3 heterocycles. The van der Waals surface area contributed by atoms with E-state index in [4.69, 9.17) is 19.9 Å². The Balaban J connectivity index is 2.29. The fourth-order valence-electron chi connectivity index (χ4n) is 4.58. The van der Waals surface area contributed by atoms with E-state index in [1.165, 1.54) is 22.5 Å². The highest BCUT2D eigenvalue weighted by Crippen LogP contribution is 2.34. The molecule has 0 amide bonds. The summed E-state index contributed by atoms with van der Waals surface area (Å²) in [6, 6.07) is 4.59. The molecule has 0 saturated carbocycles. The largest absolute Gasteiger partial charge is 0.250 e. The molecule has 0 aliphatic heterocycles. The van der Waals surface area contributed by atoms with Crippen molar-refractivity contribution in [2.45, 2.75) is 80.1 Å². The SMILES string of the molecule is CCc1cc2c(nc1CC)c1nc(CC)c(CC)cc1c1nc(CC)c(CC)nc21. The first-order valence-corrected chi connectivity index (χ1v) is 11.6. The van der Waals surface area contributed by atoms with Crippen LogP contribution in [0.1, 0.15) is 75.4 Å². The molecule has 0 aliphatic carbocycles. The summed E-state index contributed by atoms with van der Waals surface area (Å²) in [6.45, 7) is 13.1. The molecule has 0 unspecified atom stereocenters. The van der Waals surface area contributed by atoms with E-state index in [0.717, 1.165) is 82.8 Å². The van der Waals surface area contributed by atoms with Crippen molar-refractivity contribution in [1.29, 1.82) is 0 Å². The van der Waals surface area contributed by atoms with Gasteiger partial charge < -0.3 is 0 Å². The summed E-state index contributed by atoms with van der Waals surface area (Å²) in [7, 11) is 0. The van der Waals surface area contributed by atoms with Crippen LogP contribution in [0.3, 0.4) is 0 Å². The van der Waals surface area contributed by atoms with Crippen LogP contribution in [0.15, 0.2) is 12.1 Å². The zero-order chi connectivity index (χ0) is 21.4.